The van der Waals surface area contributed by atoms with Crippen LogP contribution in [0.5, 0.6) is 0 Å². The van der Waals surface area contributed by atoms with Crippen LogP contribution in [-0.2, 0) is 13.1 Å². The molecule has 1 saturated carbocycles. The first-order valence-corrected chi connectivity index (χ1v) is 9.21. The minimum absolute atomic E-state index is 0.638. The second-order valence-electron chi connectivity index (χ2n) is 7.23. The molecule has 2 nitrogen and oxygen atoms in total. The van der Waals surface area contributed by atoms with E-state index >= 15 is 0 Å². The summed E-state index contributed by atoms with van der Waals surface area (Å²) < 4.78 is 0. The van der Waals surface area contributed by atoms with Crippen molar-refractivity contribution in [1.29, 1.82) is 0 Å². The van der Waals surface area contributed by atoms with E-state index in [1.54, 1.807) is 0 Å². The van der Waals surface area contributed by atoms with Crippen molar-refractivity contribution in [3.63, 3.8) is 0 Å². The zero-order valence-corrected chi connectivity index (χ0v) is 14.6. The van der Waals surface area contributed by atoms with Gasteiger partial charge in [-0.15, -0.1) is 0 Å². The fourth-order valence-electron chi connectivity index (χ4n) is 3.55. The number of hydrogen-bond acceptors (Lipinski definition) is 2. The lowest BCUT2D eigenvalue weighted by Crippen LogP contribution is -2.33. The summed E-state index contributed by atoms with van der Waals surface area (Å²) in [6.07, 6.45) is 8.46. The molecule has 1 unspecified atom stereocenters. The lowest BCUT2D eigenvalue weighted by atomic mass is 9.88. The van der Waals surface area contributed by atoms with Gasteiger partial charge in [-0.3, -0.25) is 4.90 Å². The molecule has 0 saturated heterocycles. The lowest BCUT2D eigenvalue weighted by Gasteiger charge is -2.31. The van der Waals surface area contributed by atoms with E-state index in [9.17, 15) is 0 Å². The molecule has 0 amide bonds. The van der Waals surface area contributed by atoms with Crippen molar-refractivity contribution < 1.29 is 0 Å². The Hall–Kier alpha value is -0.860. The van der Waals surface area contributed by atoms with E-state index in [-0.39, 0.29) is 0 Å². The molecule has 0 aliphatic heterocycles. The summed E-state index contributed by atoms with van der Waals surface area (Å²) in [5, 5.41) is 0. The standard InChI is InChI=1S/C20H34N2/c1-3-17(2)14-22(15-19-7-5-4-6-8-19)16-20-11-9-18(13-21)10-12-20/h9-12,17,19H,3-8,13-16,21H2,1-2H3. The van der Waals surface area contributed by atoms with Crippen molar-refractivity contribution in [2.45, 2.75) is 65.5 Å². The third-order valence-corrected chi connectivity index (χ3v) is 5.17. The fraction of sp³-hybridized carbons (Fsp3) is 0.700. The molecule has 1 fully saturated rings. The predicted octanol–water partition coefficient (Wildman–Crippen LogP) is 4.57. The minimum Gasteiger partial charge on any atom is -0.326 e. The highest BCUT2D eigenvalue weighted by atomic mass is 15.1. The van der Waals surface area contributed by atoms with Gasteiger partial charge >= 0.3 is 0 Å². The Bertz CT molecular complexity index is 406. The van der Waals surface area contributed by atoms with Gasteiger partial charge in [-0.2, -0.15) is 0 Å². The molecule has 0 heterocycles. The van der Waals surface area contributed by atoms with E-state index in [4.69, 9.17) is 5.73 Å². The van der Waals surface area contributed by atoms with Crippen LogP contribution < -0.4 is 5.73 Å². The van der Waals surface area contributed by atoms with Crippen LogP contribution in [0.4, 0.5) is 0 Å². The molecule has 2 heteroatoms. The summed E-state index contributed by atoms with van der Waals surface area (Å²) in [7, 11) is 0. The molecule has 1 aromatic rings. The molecule has 1 aliphatic carbocycles. The predicted molar refractivity (Wildman–Crippen MR) is 95.6 cm³/mol. The van der Waals surface area contributed by atoms with Crippen molar-refractivity contribution in [2.24, 2.45) is 17.6 Å². The minimum atomic E-state index is 0.638. The Kier molecular flexibility index (Phi) is 7.41. The highest BCUT2D eigenvalue weighted by molar-refractivity contribution is 5.22. The fourth-order valence-corrected chi connectivity index (χ4v) is 3.55. The highest BCUT2D eigenvalue weighted by Crippen LogP contribution is 2.25. The Morgan fingerprint density at radius 2 is 1.73 bits per heavy atom. The first-order valence-electron chi connectivity index (χ1n) is 9.21. The molecule has 124 valence electrons. The van der Waals surface area contributed by atoms with Crippen molar-refractivity contribution in [3.05, 3.63) is 35.4 Å². The molecule has 0 radical (unpaired) electrons. The summed E-state index contributed by atoms with van der Waals surface area (Å²) in [4.78, 5) is 2.70. The average Bonchev–Trinajstić information content (AvgIpc) is 2.56. The molecule has 22 heavy (non-hydrogen) atoms. The van der Waals surface area contributed by atoms with Crippen LogP contribution in [0.15, 0.2) is 24.3 Å². The van der Waals surface area contributed by atoms with Crippen molar-refractivity contribution in [1.82, 2.24) is 4.90 Å². The second-order valence-corrected chi connectivity index (χ2v) is 7.23. The van der Waals surface area contributed by atoms with E-state index in [1.165, 1.54) is 62.7 Å². The van der Waals surface area contributed by atoms with Crippen molar-refractivity contribution in [3.8, 4) is 0 Å². The van der Waals surface area contributed by atoms with Gasteiger partial charge in [0.25, 0.3) is 0 Å². The first-order chi connectivity index (χ1) is 10.7. The van der Waals surface area contributed by atoms with Gasteiger partial charge in [0.2, 0.25) is 0 Å². The van der Waals surface area contributed by atoms with E-state index in [0.29, 0.717) is 6.54 Å². The van der Waals surface area contributed by atoms with Crippen molar-refractivity contribution in [2.75, 3.05) is 13.1 Å². The normalized spacial score (nSPS) is 17.8. The molecule has 2 rings (SSSR count). The van der Waals surface area contributed by atoms with Gasteiger partial charge in [-0.25, -0.2) is 0 Å². The number of nitrogens with two attached hydrogens (primary N) is 1. The van der Waals surface area contributed by atoms with Gasteiger partial charge in [0.15, 0.2) is 0 Å². The Morgan fingerprint density at radius 1 is 1.09 bits per heavy atom. The van der Waals surface area contributed by atoms with Crippen LogP contribution in [-0.4, -0.2) is 18.0 Å². The summed E-state index contributed by atoms with van der Waals surface area (Å²) in [6.45, 7) is 8.92. The van der Waals surface area contributed by atoms with E-state index in [0.717, 1.165) is 18.4 Å². The maximum atomic E-state index is 5.70. The number of hydrogen-bond donors (Lipinski definition) is 1. The third-order valence-electron chi connectivity index (χ3n) is 5.17. The maximum Gasteiger partial charge on any atom is 0.0233 e. The topological polar surface area (TPSA) is 29.3 Å². The monoisotopic (exact) mass is 302 g/mol. The third kappa shape index (κ3) is 5.73. The van der Waals surface area contributed by atoms with Gasteiger partial charge in [-0.05, 0) is 35.8 Å². The van der Waals surface area contributed by atoms with E-state index < -0.39 is 0 Å². The largest absolute Gasteiger partial charge is 0.326 e. The molecule has 0 aromatic heterocycles. The van der Waals surface area contributed by atoms with Crippen LogP contribution >= 0.6 is 0 Å². The van der Waals surface area contributed by atoms with E-state index in [2.05, 4.69) is 43.0 Å². The smallest absolute Gasteiger partial charge is 0.0233 e. The van der Waals surface area contributed by atoms with Crippen LogP contribution in [0.1, 0.15) is 63.5 Å². The van der Waals surface area contributed by atoms with Crippen molar-refractivity contribution >= 4 is 0 Å². The molecule has 0 bridgehead atoms. The summed E-state index contributed by atoms with van der Waals surface area (Å²) >= 11 is 0. The lowest BCUT2D eigenvalue weighted by molar-refractivity contribution is 0.171. The Labute approximate surface area is 137 Å². The number of rotatable bonds is 8. The Morgan fingerprint density at radius 3 is 2.32 bits per heavy atom. The van der Waals surface area contributed by atoms with Crippen LogP contribution in [0.25, 0.3) is 0 Å². The summed E-state index contributed by atoms with van der Waals surface area (Å²) in [5.74, 6) is 1.70. The molecule has 1 aromatic carbocycles. The summed E-state index contributed by atoms with van der Waals surface area (Å²) in [6, 6.07) is 8.87. The summed E-state index contributed by atoms with van der Waals surface area (Å²) in [5.41, 5.74) is 8.35. The average molecular weight is 303 g/mol. The SMILES string of the molecule is CCC(C)CN(Cc1ccc(CN)cc1)CC1CCCCC1. The molecule has 2 N–H and O–H groups in total. The van der Waals surface area contributed by atoms with Crippen LogP contribution in [0, 0.1) is 11.8 Å². The zero-order valence-electron chi connectivity index (χ0n) is 14.6. The highest BCUT2D eigenvalue weighted by Gasteiger charge is 2.18. The van der Waals surface area contributed by atoms with Gasteiger partial charge in [0.05, 0.1) is 0 Å². The number of benzene rings is 1. The van der Waals surface area contributed by atoms with Gasteiger partial charge < -0.3 is 5.73 Å². The molecule has 0 spiro atoms. The molecule has 1 atom stereocenters. The number of nitrogens with zero attached hydrogens (tertiary/aromatic N) is 1. The van der Waals surface area contributed by atoms with Gasteiger partial charge in [0, 0.05) is 26.2 Å². The molecular formula is C20H34N2. The van der Waals surface area contributed by atoms with Gasteiger partial charge in [-0.1, -0.05) is 63.8 Å². The maximum absolute atomic E-state index is 5.70. The van der Waals surface area contributed by atoms with Crippen LogP contribution in [0.2, 0.25) is 0 Å². The quantitative estimate of drug-likeness (QED) is 0.762. The van der Waals surface area contributed by atoms with Crippen LogP contribution in [0.3, 0.4) is 0 Å². The molecule has 1 aliphatic rings. The first kappa shape index (κ1) is 17.5. The zero-order chi connectivity index (χ0) is 15.8. The molecular weight excluding hydrogens is 268 g/mol. The Balaban J connectivity index is 1.95. The van der Waals surface area contributed by atoms with E-state index in [1.807, 2.05) is 0 Å². The second kappa shape index (κ2) is 9.32. The van der Waals surface area contributed by atoms with Gasteiger partial charge in [0.1, 0.15) is 0 Å².